The highest BCUT2D eigenvalue weighted by atomic mass is 15.1. The Morgan fingerprint density at radius 1 is 1.80 bits per heavy atom. The normalized spacial score (nSPS) is 9.80. The van der Waals surface area contributed by atoms with Crippen molar-refractivity contribution in [2.45, 2.75) is 0 Å². The molecule has 0 aromatic heterocycles. The van der Waals surface area contributed by atoms with Crippen molar-refractivity contribution in [3.05, 3.63) is 0 Å². The van der Waals surface area contributed by atoms with Gasteiger partial charge in [-0.1, -0.05) is 0 Å². The van der Waals surface area contributed by atoms with Crippen LogP contribution in [0.5, 0.6) is 0 Å². The fraction of sp³-hybridized carbons (Fsp3) is 0.500. The van der Waals surface area contributed by atoms with Gasteiger partial charge in [-0.05, 0) is 0 Å². The van der Waals surface area contributed by atoms with Crippen LogP contribution in [0.1, 0.15) is 0 Å². The Hall–Kier alpha value is -0.570. The van der Waals surface area contributed by atoms with Gasteiger partial charge in [0.1, 0.15) is 0 Å². The second-order valence-corrected chi connectivity index (χ2v) is 0.567. The lowest BCUT2D eigenvalue weighted by molar-refractivity contribution is 1.22. The van der Waals surface area contributed by atoms with Crippen LogP contribution in [-0.4, -0.2) is 12.8 Å². The zero-order valence-electron chi connectivity index (χ0n) is 2.89. The molecule has 0 aliphatic heterocycles. The first-order valence-corrected chi connectivity index (χ1v) is 1.33. The highest BCUT2D eigenvalue weighted by Crippen LogP contribution is 1.33. The number of hydrogen-bond donors (Lipinski definition) is 2. The van der Waals surface area contributed by atoms with Gasteiger partial charge in [0.25, 0.3) is 0 Å². The van der Waals surface area contributed by atoms with E-state index < -0.39 is 0 Å². The number of hydrazone groups is 1. The fourth-order valence-corrected chi connectivity index (χ4v) is 0.0609. The predicted octanol–water partition coefficient (Wildman–Crippen LogP) is -1.11. The largest absolute Gasteiger partial charge is 0.326 e. The van der Waals surface area contributed by atoms with Crippen LogP contribution >= 0.6 is 0 Å². The van der Waals surface area contributed by atoms with Gasteiger partial charge in [0.05, 0.1) is 0 Å². The first-order valence-electron chi connectivity index (χ1n) is 1.33. The first-order chi connectivity index (χ1) is 2.41. The number of nitrogens with zero attached hydrogens (tertiary/aromatic N) is 1. The van der Waals surface area contributed by atoms with Crippen molar-refractivity contribution < 1.29 is 0 Å². The Labute approximate surface area is 30.6 Å². The molecule has 3 heteroatoms. The molecule has 0 bridgehead atoms. The Kier molecular flexibility index (Phi) is 3.04. The quantitative estimate of drug-likeness (QED) is 0.235. The van der Waals surface area contributed by atoms with Crippen LogP contribution in [0.3, 0.4) is 0 Å². The van der Waals surface area contributed by atoms with Crippen LogP contribution in [-0.2, 0) is 0 Å². The molecule has 0 aliphatic rings. The minimum atomic E-state index is 0.427. The van der Waals surface area contributed by atoms with Crippen molar-refractivity contribution >= 4 is 6.21 Å². The van der Waals surface area contributed by atoms with Crippen molar-refractivity contribution in [2.75, 3.05) is 6.54 Å². The SMILES string of the molecule is NC/C=N\N. The maximum absolute atomic E-state index is 4.91. The van der Waals surface area contributed by atoms with E-state index in [4.69, 9.17) is 5.73 Å². The summed E-state index contributed by atoms with van der Waals surface area (Å²) in [6.07, 6.45) is 1.43. The van der Waals surface area contributed by atoms with Gasteiger partial charge in [0.15, 0.2) is 0 Å². The second-order valence-electron chi connectivity index (χ2n) is 0.567. The van der Waals surface area contributed by atoms with Gasteiger partial charge >= 0.3 is 0 Å². The lowest BCUT2D eigenvalue weighted by Gasteiger charge is -1.67. The van der Waals surface area contributed by atoms with Gasteiger partial charge in [-0.3, -0.25) is 0 Å². The van der Waals surface area contributed by atoms with Crippen molar-refractivity contribution in [1.82, 2.24) is 0 Å². The van der Waals surface area contributed by atoms with Crippen LogP contribution in [0.25, 0.3) is 0 Å². The molecule has 0 aromatic carbocycles. The fourth-order valence-electron chi connectivity index (χ4n) is 0.0609. The lowest BCUT2D eigenvalue weighted by atomic mass is 10.8. The van der Waals surface area contributed by atoms with E-state index in [1.54, 1.807) is 0 Å². The molecule has 4 N–H and O–H groups in total. The van der Waals surface area contributed by atoms with E-state index in [-0.39, 0.29) is 0 Å². The molecular formula is C2H7N3. The highest BCUT2D eigenvalue weighted by molar-refractivity contribution is 5.58. The Balaban J connectivity index is 2.62. The third-order valence-electron chi connectivity index (χ3n) is 0.211. The van der Waals surface area contributed by atoms with Gasteiger partial charge < -0.3 is 11.6 Å². The summed E-state index contributed by atoms with van der Waals surface area (Å²) in [6, 6.07) is 0. The zero-order valence-corrected chi connectivity index (χ0v) is 2.89. The standard InChI is InChI=1S/C2H7N3/c3-1-2-5-4/h2H,1,3-4H2/b5-2-. The van der Waals surface area contributed by atoms with Crippen LogP contribution in [0, 0.1) is 0 Å². The molecule has 3 nitrogen and oxygen atoms in total. The van der Waals surface area contributed by atoms with Gasteiger partial charge in [-0.15, -0.1) is 0 Å². The summed E-state index contributed by atoms with van der Waals surface area (Å²) < 4.78 is 0. The monoisotopic (exact) mass is 73.1 g/mol. The molecule has 5 heavy (non-hydrogen) atoms. The molecule has 0 heterocycles. The molecular weight excluding hydrogens is 66.0 g/mol. The van der Waals surface area contributed by atoms with E-state index in [9.17, 15) is 0 Å². The van der Waals surface area contributed by atoms with Crippen LogP contribution < -0.4 is 11.6 Å². The second kappa shape index (κ2) is 3.43. The molecule has 0 spiro atoms. The number of rotatable bonds is 1. The maximum Gasteiger partial charge on any atom is 0.0376 e. The highest BCUT2D eigenvalue weighted by Gasteiger charge is 1.52. The first kappa shape index (κ1) is 4.43. The van der Waals surface area contributed by atoms with Gasteiger partial charge in [-0.2, -0.15) is 5.10 Å². The molecule has 0 aliphatic carbocycles. The van der Waals surface area contributed by atoms with Crippen LogP contribution in [0.4, 0.5) is 0 Å². The smallest absolute Gasteiger partial charge is 0.0376 e. The number of hydrogen-bond acceptors (Lipinski definition) is 3. The molecule has 0 saturated heterocycles. The Bertz CT molecular complexity index is 31.9. The third kappa shape index (κ3) is 3.43. The maximum atomic E-state index is 4.91. The van der Waals surface area contributed by atoms with E-state index in [0.717, 1.165) is 0 Å². The van der Waals surface area contributed by atoms with Crippen LogP contribution in [0.2, 0.25) is 0 Å². The van der Waals surface area contributed by atoms with Crippen molar-refractivity contribution in [1.29, 1.82) is 0 Å². The predicted molar refractivity (Wildman–Crippen MR) is 21.7 cm³/mol. The van der Waals surface area contributed by atoms with Gasteiger partial charge in [-0.25, -0.2) is 0 Å². The van der Waals surface area contributed by atoms with E-state index in [2.05, 4.69) is 10.9 Å². The molecule has 0 radical (unpaired) electrons. The molecule has 0 saturated carbocycles. The van der Waals surface area contributed by atoms with Crippen molar-refractivity contribution in [3.63, 3.8) is 0 Å². The Morgan fingerprint density at radius 3 is 2.40 bits per heavy atom. The summed E-state index contributed by atoms with van der Waals surface area (Å²) >= 11 is 0. The molecule has 0 amide bonds. The minimum absolute atomic E-state index is 0.427. The average molecular weight is 73.1 g/mol. The van der Waals surface area contributed by atoms with E-state index >= 15 is 0 Å². The van der Waals surface area contributed by atoms with E-state index in [1.165, 1.54) is 6.21 Å². The molecule has 30 valence electrons. The van der Waals surface area contributed by atoms with Crippen LogP contribution in [0.15, 0.2) is 5.10 Å². The summed E-state index contributed by atoms with van der Waals surface area (Å²) in [7, 11) is 0. The van der Waals surface area contributed by atoms with Gasteiger partial charge in [0, 0.05) is 12.8 Å². The molecule has 0 fully saturated rings. The topological polar surface area (TPSA) is 64.4 Å². The summed E-state index contributed by atoms with van der Waals surface area (Å²) in [4.78, 5) is 0. The van der Waals surface area contributed by atoms with Crippen molar-refractivity contribution in [3.8, 4) is 0 Å². The summed E-state index contributed by atoms with van der Waals surface area (Å²) in [5, 5.41) is 3.10. The van der Waals surface area contributed by atoms with Gasteiger partial charge in [0.2, 0.25) is 0 Å². The molecule has 0 unspecified atom stereocenters. The van der Waals surface area contributed by atoms with Crippen molar-refractivity contribution in [2.24, 2.45) is 16.7 Å². The van der Waals surface area contributed by atoms with E-state index in [1.807, 2.05) is 0 Å². The summed E-state index contributed by atoms with van der Waals surface area (Å²) in [5.41, 5.74) is 4.91. The minimum Gasteiger partial charge on any atom is -0.326 e. The molecule has 0 aromatic rings. The summed E-state index contributed by atoms with van der Waals surface area (Å²) in [5.74, 6) is 4.63. The lowest BCUT2D eigenvalue weighted by Crippen LogP contribution is -2.00. The summed E-state index contributed by atoms with van der Waals surface area (Å²) in [6.45, 7) is 0.427. The Morgan fingerprint density at radius 2 is 2.40 bits per heavy atom. The average Bonchev–Trinajstić information content (AvgIpc) is 1.41. The molecule has 0 atom stereocenters. The zero-order chi connectivity index (χ0) is 4.12. The number of nitrogens with two attached hydrogens (primary N) is 2. The molecule has 0 rings (SSSR count). The van der Waals surface area contributed by atoms with E-state index in [0.29, 0.717) is 6.54 Å². The third-order valence-corrected chi connectivity index (χ3v) is 0.211.